The Labute approximate surface area is 115 Å². The van der Waals surface area contributed by atoms with Crippen LogP contribution < -0.4 is 5.32 Å². The van der Waals surface area contributed by atoms with E-state index in [-0.39, 0.29) is 30.4 Å². The quantitative estimate of drug-likeness (QED) is 0.734. The van der Waals surface area contributed by atoms with E-state index in [4.69, 9.17) is 0 Å². The summed E-state index contributed by atoms with van der Waals surface area (Å²) in [5, 5.41) is 12.0. The average Bonchev–Trinajstić information content (AvgIpc) is 2.34. The number of carbonyl (C=O) groups is 1. The molecule has 1 amide bonds. The van der Waals surface area contributed by atoms with Crippen LogP contribution in [0, 0.1) is 11.8 Å². The summed E-state index contributed by atoms with van der Waals surface area (Å²) < 4.78 is 24.1. The number of nitrogens with zero attached hydrogens (tertiary/aromatic N) is 1. The minimum absolute atomic E-state index is 0.0778. The van der Waals surface area contributed by atoms with Crippen molar-refractivity contribution in [1.82, 2.24) is 9.62 Å². The minimum Gasteiger partial charge on any atom is -0.394 e. The van der Waals surface area contributed by atoms with E-state index in [2.05, 4.69) is 5.32 Å². The minimum atomic E-state index is -3.15. The first-order valence-electron chi connectivity index (χ1n) is 6.62. The number of carbonyl (C=O) groups excluding carboxylic acids is 1. The highest BCUT2D eigenvalue weighted by Crippen LogP contribution is 2.19. The number of sulfonamides is 1. The van der Waals surface area contributed by atoms with E-state index >= 15 is 0 Å². The Balaban J connectivity index is 2.49. The Bertz CT molecular complexity index is 400. The van der Waals surface area contributed by atoms with E-state index in [0.717, 1.165) is 0 Å². The van der Waals surface area contributed by atoms with Crippen LogP contribution in [0.4, 0.5) is 0 Å². The molecule has 1 atom stereocenters. The molecule has 1 heterocycles. The fraction of sp³-hybridized carbons (Fsp3) is 0.917. The van der Waals surface area contributed by atoms with Crippen molar-refractivity contribution in [3.63, 3.8) is 0 Å². The van der Waals surface area contributed by atoms with E-state index in [9.17, 15) is 18.3 Å². The maximum Gasteiger partial charge on any atom is 0.223 e. The Morgan fingerprint density at radius 2 is 1.89 bits per heavy atom. The molecule has 2 N–H and O–H groups in total. The van der Waals surface area contributed by atoms with Gasteiger partial charge in [0.1, 0.15) is 0 Å². The Morgan fingerprint density at radius 1 is 1.37 bits per heavy atom. The van der Waals surface area contributed by atoms with Gasteiger partial charge in [-0.15, -0.1) is 0 Å². The van der Waals surface area contributed by atoms with Gasteiger partial charge in [0.25, 0.3) is 0 Å². The Morgan fingerprint density at radius 3 is 2.26 bits per heavy atom. The molecule has 6 nitrogen and oxygen atoms in total. The van der Waals surface area contributed by atoms with Gasteiger partial charge in [-0.1, -0.05) is 13.8 Å². The van der Waals surface area contributed by atoms with E-state index in [1.165, 1.54) is 10.6 Å². The molecule has 0 spiro atoms. The molecule has 0 bridgehead atoms. The van der Waals surface area contributed by atoms with E-state index in [1.807, 2.05) is 13.8 Å². The number of hydrogen-bond donors (Lipinski definition) is 2. The zero-order chi connectivity index (χ0) is 14.6. The molecule has 7 heteroatoms. The summed E-state index contributed by atoms with van der Waals surface area (Å²) in [5.41, 5.74) is 0. The van der Waals surface area contributed by atoms with Crippen LogP contribution in [0.15, 0.2) is 0 Å². The largest absolute Gasteiger partial charge is 0.394 e. The molecule has 1 saturated heterocycles. The summed E-state index contributed by atoms with van der Waals surface area (Å²) in [6.45, 7) is 4.58. The van der Waals surface area contributed by atoms with Crippen LogP contribution in [0.2, 0.25) is 0 Å². The first-order chi connectivity index (χ1) is 8.75. The highest BCUT2D eigenvalue weighted by molar-refractivity contribution is 7.88. The van der Waals surface area contributed by atoms with Crippen LogP contribution in [0.1, 0.15) is 26.7 Å². The molecular formula is C12H24N2O4S. The highest BCUT2D eigenvalue weighted by Gasteiger charge is 2.30. The van der Waals surface area contributed by atoms with Crippen molar-refractivity contribution in [2.75, 3.05) is 26.0 Å². The third-order valence-electron chi connectivity index (χ3n) is 3.62. The maximum atomic E-state index is 12.0. The smallest absolute Gasteiger partial charge is 0.223 e. The molecule has 1 aliphatic rings. The van der Waals surface area contributed by atoms with Gasteiger partial charge >= 0.3 is 0 Å². The summed E-state index contributed by atoms with van der Waals surface area (Å²) in [5.74, 6) is -0.0724. The fourth-order valence-corrected chi connectivity index (χ4v) is 3.05. The molecule has 1 rings (SSSR count). The van der Waals surface area contributed by atoms with Crippen molar-refractivity contribution in [3.05, 3.63) is 0 Å². The van der Waals surface area contributed by atoms with Gasteiger partial charge in [0.2, 0.25) is 15.9 Å². The topological polar surface area (TPSA) is 86.7 Å². The van der Waals surface area contributed by atoms with Crippen molar-refractivity contribution in [3.8, 4) is 0 Å². The molecule has 0 radical (unpaired) electrons. The highest BCUT2D eigenvalue weighted by atomic mass is 32.2. The lowest BCUT2D eigenvalue weighted by atomic mass is 9.96. The average molecular weight is 292 g/mol. The molecule has 0 aromatic carbocycles. The number of piperidine rings is 1. The van der Waals surface area contributed by atoms with Gasteiger partial charge < -0.3 is 10.4 Å². The Hall–Kier alpha value is -0.660. The maximum absolute atomic E-state index is 12.0. The summed E-state index contributed by atoms with van der Waals surface area (Å²) >= 11 is 0. The second-order valence-corrected chi connectivity index (χ2v) is 7.46. The number of aliphatic hydroxyl groups is 1. The Kier molecular flexibility index (Phi) is 5.76. The molecule has 1 aliphatic heterocycles. The first-order valence-corrected chi connectivity index (χ1v) is 8.47. The molecular weight excluding hydrogens is 268 g/mol. The van der Waals surface area contributed by atoms with Crippen LogP contribution in [-0.2, 0) is 14.8 Å². The number of hydrogen-bond acceptors (Lipinski definition) is 4. The second-order valence-electron chi connectivity index (χ2n) is 5.48. The van der Waals surface area contributed by atoms with Crippen LogP contribution in [0.3, 0.4) is 0 Å². The predicted octanol–water partition coefficient (Wildman–Crippen LogP) is -0.209. The SMILES string of the molecule is CC(C)C(CO)NC(=O)C1CCN(S(C)(=O)=O)CC1. The van der Waals surface area contributed by atoms with E-state index < -0.39 is 10.0 Å². The van der Waals surface area contributed by atoms with E-state index in [0.29, 0.717) is 25.9 Å². The van der Waals surface area contributed by atoms with Crippen molar-refractivity contribution >= 4 is 15.9 Å². The molecule has 0 aliphatic carbocycles. The van der Waals surface area contributed by atoms with Gasteiger partial charge in [0.15, 0.2) is 0 Å². The standard InChI is InChI=1S/C12H24N2O4S/c1-9(2)11(8-15)13-12(16)10-4-6-14(7-5-10)19(3,17)18/h9-11,15H,4-8H2,1-3H3,(H,13,16). The number of rotatable bonds is 5. The van der Waals surface area contributed by atoms with Crippen molar-refractivity contribution in [1.29, 1.82) is 0 Å². The monoisotopic (exact) mass is 292 g/mol. The van der Waals surface area contributed by atoms with Gasteiger partial charge in [-0.25, -0.2) is 12.7 Å². The third-order valence-corrected chi connectivity index (χ3v) is 4.93. The lowest BCUT2D eigenvalue weighted by Gasteiger charge is -2.31. The van der Waals surface area contributed by atoms with Crippen LogP contribution >= 0.6 is 0 Å². The molecule has 112 valence electrons. The zero-order valence-electron chi connectivity index (χ0n) is 11.8. The van der Waals surface area contributed by atoms with Crippen LogP contribution in [0.5, 0.6) is 0 Å². The van der Waals surface area contributed by atoms with Gasteiger partial charge in [-0.2, -0.15) is 0 Å². The molecule has 0 aromatic heterocycles. The molecule has 19 heavy (non-hydrogen) atoms. The van der Waals surface area contributed by atoms with Gasteiger partial charge in [0.05, 0.1) is 18.9 Å². The summed E-state index contributed by atoms with van der Waals surface area (Å²) in [7, 11) is -3.15. The molecule has 0 aromatic rings. The number of nitrogens with one attached hydrogen (secondary N) is 1. The van der Waals surface area contributed by atoms with Crippen molar-refractivity contribution in [2.24, 2.45) is 11.8 Å². The normalized spacial score (nSPS) is 20.5. The van der Waals surface area contributed by atoms with Gasteiger partial charge in [-0.05, 0) is 18.8 Å². The molecule has 0 saturated carbocycles. The first kappa shape index (κ1) is 16.4. The molecule has 1 unspecified atom stereocenters. The summed E-state index contributed by atoms with van der Waals surface area (Å²) in [6, 6.07) is -0.236. The zero-order valence-corrected chi connectivity index (χ0v) is 12.6. The van der Waals surface area contributed by atoms with Crippen LogP contribution in [0.25, 0.3) is 0 Å². The fourth-order valence-electron chi connectivity index (χ4n) is 2.17. The summed E-state index contributed by atoms with van der Waals surface area (Å²) in [4.78, 5) is 12.0. The predicted molar refractivity (Wildman–Crippen MR) is 73.0 cm³/mol. The van der Waals surface area contributed by atoms with Crippen molar-refractivity contribution < 1.29 is 18.3 Å². The van der Waals surface area contributed by atoms with Crippen LogP contribution in [-0.4, -0.2) is 55.7 Å². The lowest BCUT2D eigenvalue weighted by Crippen LogP contribution is -2.47. The summed E-state index contributed by atoms with van der Waals surface area (Å²) in [6.07, 6.45) is 2.26. The van der Waals surface area contributed by atoms with Gasteiger partial charge in [-0.3, -0.25) is 4.79 Å². The third kappa shape index (κ3) is 4.74. The lowest BCUT2D eigenvalue weighted by molar-refractivity contribution is -0.127. The number of amides is 1. The molecule has 1 fully saturated rings. The second kappa shape index (κ2) is 6.67. The number of aliphatic hydroxyl groups excluding tert-OH is 1. The van der Waals surface area contributed by atoms with Gasteiger partial charge in [0, 0.05) is 19.0 Å². The van der Waals surface area contributed by atoms with E-state index in [1.54, 1.807) is 0 Å². The van der Waals surface area contributed by atoms with Crippen molar-refractivity contribution in [2.45, 2.75) is 32.7 Å².